The van der Waals surface area contributed by atoms with Crippen molar-refractivity contribution in [1.29, 1.82) is 0 Å². The topological polar surface area (TPSA) is 69.3 Å². The van der Waals surface area contributed by atoms with Crippen LogP contribution in [0.2, 0.25) is 5.02 Å². The first-order valence-electron chi connectivity index (χ1n) is 7.72. The summed E-state index contributed by atoms with van der Waals surface area (Å²) in [4.78, 5) is 12.1. The number of nitrogens with one attached hydrogen (secondary N) is 1. The largest absolute Gasteiger partial charge is 0.454 e. The molecule has 1 saturated heterocycles. The number of aromatic nitrogens is 2. The van der Waals surface area contributed by atoms with Crippen LogP contribution in [-0.2, 0) is 11.3 Å². The first kappa shape index (κ1) is 16.1. The van der Waals surface area contributed by atoms with E-state index in [0.717, 1.165) is 30.8 Å². The van der Waals surface area contributed by atoms with E-state index in [-0.39, 0.29) is 12.0 Å². The molecule has 124 valence electrons. The zero-order chi connectivity index (χ0) is 16.4. The molecular formula is C16H20ClN3O3. The fourth-order valence-corrected chi connectivity index (χ4v) is 2.80. The molecule has 1 aliphatic heterocycles. The maximum absolute atomic E-state index is 12.1. The molecule has 1 unspecified atom stereocenters. The molecule has 7 heteroatoms. The Morgan fingerprint density at radius 1 is 1.48 bits per heavy atom. The predicted molar refractivity (Wildman–Crippen MR) is 85.8 cm³/mol. The average molecular weight is 338 g/mol. The van der Waals surface area contributed by atoms with Crippen LogP contribution in [0.15, 0.2) is 16.5 Å². The SMILES string of the molecule is Cc1nn(Cc2ccc(C(=O)NCC3CCCO3)o2)c(C)c1Cl. The molecule has 3 heterocycles. The van der Waals surface area contributed by atoms with Gasteiger partial charge >= 0.3 is 0 Å². The van der Waals surface area contributed by atoms with Gasteiger partial charge in [-0.25, -0.2) is 0 Å². The van der Waals surface area contributed by atoms with Gasteiger partial charge in [-0.2, -0.15) is 5.10 Å². The lowest BCUT2D eigenvalue weighted by atomic mass is 10.2. The van der Waals surface area contributed by atoms with Crippen LogP contribution in [0.25, 0.3) is 0 Å². The Hall–Kier alpha value is -1.79. The Morgan fingerprint density at radius 2 is 2.30 bits per heavy atom. The Bertz CT molecular complexity index is 701. The number of nitrogens with zero attached hydrogens (tertiary/aromatic N) is 2. The fourth-order valence-electron chi connectivity index (χ4n) is 2.66. The van der Waals surface area contributed by atoms with E-state index in [1.54, 1.807) is 16.8 Å². The maximum Gasteiger partial charge on any atom is 0.287 e. The molecule has 2 aromatic rings. The minimum absolute atomic E-state index is 0.116. The van der Waals surface area contributed by atoms with Crippen molar-refractivity contribution in [3.8, 4) is 0 Å². The predicted octanol–water partition coefficient (Wildman–Crippen LogP) is 2.70. The number of amides is 1. The molecule has 0 aromatic carbocycles. The third-order valence-corrected chi connectivity index (χ3v) is 4.55. The number of aryl methyl sites for hydroxylation is 1. The van der Waals surface area contributed by atoms with E-state index in [1.165, 1.54) is 0 Å². The molecule has 1 aliphatic rings. The molecule has 23 heavy (non-hydrogen) atoms. The van der Waals surface area contributed by atoms with Crippen LogP contribution >= 0.6 is 11.6 Å². The van der Waals surface area contributed by atoms with E-state index < -0.39 is 0 Å². The Kier molecular flexibility index (Phi) is 4.73. The van der Waals surface area contributed by atoms with Crippen molar-refractivity contribution in [3.05, 3.63) is 40.1 Å². The van der Waals surface area contributed by atoms with Gasteiger partial charge in [-0.05, 0) is 38.8 Å². The number of rotatable bonds is 5. The van der Waals surface area contributed by atoms with Crippen LogP contribution in [0.1, 0.15) is 40.5 Å². The van der Waals surface area contributed by atoms with E-state index in [2.05, 4.69) is 10.4 Å². The van der Waals surface area contributed by atoms with Crippen molar-refractivity contribution in [1.82, 2.24) is 15.1 Å². The standard InChI is InChI=1S/C16H20ClN3O3/c1-10-15(17)11(2)20(19-10)9-13-5-6-14(23-13)16(21)18-8-12-4-3-7-22-12/h5-6,12H,3-4,7-9H2,1-2H3,(H,18,21). The number of furan rings is 1. The Morgan fingerprint density at radius 3 is 2.96 bits per heavy atom. The van der Waals surface area contributed by atoms with Crippen molar-refractivity contribution < 1.29 is 13.9 Å². The number of hydrogen-bond acceptors (Lipinski definition) is 4. The Balaban J connectivity index is 1.60. The summed E-state index contributed by atoms with van der Waals surface area (Å²) in [7, 11) is 0. The molecule has 1 amide bonds. The summed E-state index contributed by atoms with van der Waals surface area (Å²) in [6, 6.07) is 3.46. The molecule has 1 atom stereocenters. The number of carbonyl (C=O) groups excluding carboxylic acids is 1. The highest BCUT2D eigenvalue weighted by atomic mass is 35.5. The molecule has 1 fully saturated rings. The number of halogens is 1. The smallest absolute Gasteiger partial charge is 0.287 e. The normalized spacial score (nSPS) is 17.6. The third-order valence-electron chi connectivity index (χ3n) is 4.00. The van der Waals surface area contributed by atoms with Crippen LogP contribution in [0.5, 0.6) is 0 Å². The summed E-state index contributed by atoms with van der Waals surface area (Å²) in [5.41, 5.74) is 1.66. The van der Waals surface area contributed by atoms with Crippen LogP contribution in [-0.4, -0.2) is 34.9 Å². The summed E-state index contributed by atoms with van der Waals surface area (Å²) in [6.07, 6.45) is 2.16. The van der Waals surface area contributed by atoms with Gasteiger partial charge in [-0.3, -0.25) is 9.48 Å². The molecule has 3 rings (SSSR count). The van der Waals surface area contributed by atoms with Crippen LogP contribution < -0.4 is 5.32 Å². The minimum atomic E-state index is -0.224. The lowest BCUT2D eigenvalue weighted by molar-refractivity contribution is 0.0833. The molecule has 0 radical (unpaired) electrons. The van der Waals surface area contributed by atoms with Crippen LogP contribution in [0.3, 0.4) is 0 Å². The van der Waals surface area contributed by atoms with Crippen molar-refractivity contribution in [2.45, 2.75) is 39.3 Å². The van der Waals surface area contributed by atoms with Gasteiger partial charge in [0.25, 0.3) is 5.91 Å². The van der Waals surface area contributed by atoms with Gasteiger partial charge in [0.05, 0.1) is 29.1 Å². The fraction of sp³-hybridized carbons (Fsp3) is 0.500. The highest BCUT2D eigenvalue weighted by Gasteiger charge is 2.18. The molecule has 0 spiro atoms. The first-order valence-corrected chi connectivity index (χ1v) is 8.10. The minimum Gasteiger partial charge on any atom is -0.454 e. The van der Waals surface area contributed by atoms with Crippen molar-refractivity contribution in [3.63, 3.8) is 0 Å². The average Bonchev–Trinajstić information content (AvgIpc) is 3.25. The lowest BCUT2D eigenvalue weighted by Crippen LogP contribution is -2.31. The molecule has 1 N–H and O–H groups in total. The summed E-state index contributed by atoms with van der Waals surface area (Å²) >= 11 is 6.13. The highest BCUT2D eigenvalue weighted by Crippen LogP contribution is 2.20. The van der Waals surface area contributed by atoms with Crippen molar-refractivity contribution in [2.24, 2.45) is 0 Å². The van der Waals surface area contributed by atoms with E-state index in [1.807, 2.05) is 13.8 Å². The highest BCUT2D eigenvalue weighted by molar-refractivity contribution is 6.31. The molecular weight excluding hydrogens is 318 g/mol. The van der Waals surface area contributed by atoms with E-state index in [4.69, 9.17) is 20.8 Å². The maximum atomic E-state index is 12.1. The van der Waals surface area contributed by atoms with Crippen LogP contribution in [0, 0.1) is 13.8 Å². The van der Waals surface area contributed by atoms with E-state index >= 15 is 0 Å². The van der Waals surface area contributed by atoms with Gasteiger partial charge in [-0.1, -0.05) is 11.6 Å². The second kappa shape index (κ2) is 6.76. The quantitative estimate of drug-likeness (QED) is 0.910. The van der Waals surface area contributed by atoms with E-state index in [0.29, 0.717) is 29.6 Å². The number of hydrogen-bond donors (Lipinski definition) is 1. The monoisotopic (exact) mass is 337 g/mol. The second-order valence-electron chi connectivity index (χ2n) is 5.75. The molecule has 0 bridgehead atoms. The molecule has 2 aromatic heterocycles. The van der Waals surface area contributed by atoms with Crippen molar-refractivity contribution >= 4 is 17.5 Å². The summed E-state index contributed by atoms with van der Waals surface area (Å²) in [6.45, 7) is 5.50. The van der Waals surface area contributed by atoms with Gasteiger partial charge in [-0.15, -0.1) is 0 Å². The molecule has 6 nitrogen and oxygen atoms in total. The first-order chi connectivity index (χ1) is 11.0. The van der Waals surface area contributed by atoms with E-state index in [9.17, 15) is 4.79 Å². The molecule has 0 aliphatic carbocycles. The summed E-state index contributed by atoms with van der Waals surface area (Å²) in [5, 5.41) is 7.86. The van der Waals surface area contributed by atoms with Gasteiger partial charge in [0.2, 0.25) is 0 Å². The van der Waals surface area contributed by atoms with Gasteiger partial charge in [0.15, 0.2) is 5.76 Å². The third kappa shape index (κ3) is 3.59. The van der Waals surface area contributed by atoms with Gasteiger partial charge < -0.3 is 14.5 Å². The summed E-state index contributed by atoms with van der Waals surface area (Å²) in [5.74, 6) is 0.735. The van der Waals surface area contributed by atoms with Gasteiger partial charge in [0, 0.05) is 13.2 Å². The zero-order valence-electron chi connectivity index (χ0n) is 13.3. The number of ether oxygens (including phenoxy) is 1. The van der Waals surface area contributed by atoms with Crippen LogP contribution in [0.4, 0.5) is 0 Å². The number of carbonyl (C=O) groups is 1. The Labute approximate surface area is 139 Å². The zero-order valence-corrected chi connectivity index (χ0v) is 14.0. The van der Waals surface area contributed by atoms with Gasteiger partial charge in [0.1, 0.15) is 5.76 Å². The van der Waals surface area contributed by atoms with Crippen molar-refractivity contribution in [2.75, 3.05) is 13.2 Å². The summed E-state index contributed by atoms with van der Waals surface area (Å²) < 4.78 is 12.9. The molecule has 0 saturated carbocycles. The lowest BCUT2D eigenvalue weighted by Gasteiger charge is -2.09. The second-order valence-corrected chi connectivity index (χ2v) is 6.13.